The first-order valence-corrected chi connectivity index (χ1v) is 13.4. The molecule has 1 rings (SSSR count). The molecular formula is C20H32N6O7S2. The predicted molar refractivity (Wildman–Crippen MR) is 132 cm³/mol. The molecule has 3 amide bonds. The Bertz CT molecular complexity index is 855. The van der Waals surface area contributed by atoms with E-state index in [0.29, 0.717) is 17.2 Å². The maximum atomic E-state index is 12.9. The van der Waals surface area contributed by atoms with Crippen molar-refractivity contribution in [2.45, 2.75) is 49.9 Å². The molecule has 8 N–H and O–H groups in total. The lowest BCUT2D eigenvalue weighted by atomic mass is 10.1. The van der Waals surface area contributed by atoms with E-state index in [1.165, 1.54) is 36.0 Å². The number of thioether (sulfide) groups is 2. The number of imidazole rings is 1. The fraction of sp³-hybridized carbons (Fsp3) is 0.600. The van der Waals surface area contributed by atoms with E-state index in [9.17, 15) is 34.2 Å². The average molecular weight is 533 g/mol. The van der Waals surface area contributed by atoms with Gasteiger partial charge in [0, 0.05) is 18.3 Å². The Morgan fingerprint density at radius 2 is 1.49 bits per heavy atom. The van der Waals surface area contributed by atoms with Crippen LogP contribution in [0.25, 0.3) is 0 Å². The molecule has 0 aliphatic rings. The molecule has 0 saturated heterocycles. The minimum absolute atomic E-state index is 0.122. The number of nitrogens with two attached hydrogens (primary N) is 1. The van der Waals surface area contributed by atoms with Crippen LogP contribution in [-0.4, -0.2) is 98.0 Å². The zero-order valence-corrected chi connectivity index (χ0v) is 21.1. The number of nitrogens with zero attached hydrogens (tertiary/aromatic N) is 1. The third kappa shape index (κ3) is 11.5. The molecule has 1 aromatic rings. The summed E-state index contributed by atoms with van der Waals surface area (Å²) in [7, 11) is 0. The van der Waals surface area contributed by atoms with E-state index in [1.54, 1.807) is 6.26 Å². The summed E-state index contributed by atoms with van der Waals surface area (Å²) in [6.07, 6.45) is 6.25. The molecule has 0 aliphatic heterocycles. The third-order valence-corrected chi connectivity index (χ3v) is 6.10. The Balaban J connectivity index is 2.91. The van der Waals surface area contributed by atoms with Crippen molar-refractivity contribution in [3.8, 4) is 0 Å². The number of hydrogen-bond acceptors (Lipinski definition) is 9. The lowest BCUT2D eigenvalue weighted by Gasteiger charge is -2.24. The number of carboxylic acid groups (broad SMARTS) is 2. The summed E-state index contributed by atoms with van der Waals surface area (Å²) in [4.78, 5) is 67.6. The molecule has 35 heavy (non-hydrogen) atoms. The third-order valence-electron chi connectivity index (χ3n) is 4.81. The number of H-pyrrole nitrogens is 1. The number of aromatic nitrogens is 2. The highest BCUT2D eigenvalue weighted by atomic mass is 32.2. The van der Waals surface area contributed by atoms with Crippen LogP contribution >= 0.6 is 23.5 Å². The van der Waals surface area contributed by atoms with Gasteiger partial charge in [0.05, 0.1) is 18.8 Å². The van der Waals surface area contributed by atoms with Crippen molar-refractivity contribution in [3.05, 3.63) is 18.2 Å². The topological polar surface area (TPSA) is 217 Å². The van der Waals surface area contributed by atoms with Crippen LogP contribution in [0.4, 0.5) is 0 Å². The molecule has 196 valence electrons. The number of hydrogen-bond donors (Lipinski definition) is 7. The minimum Gasteiger partial charge on any atom is -0.481 e. The summed E-state index contributed by atoms with van der Waals surface area (Å²) in [5.74, 6) is -4.03. The largest absolute Gasteiger partial charge is 0.481 e. The number of rotatable bonds is 17. The second-order valence-electron chi connectivity index (χ2n) is 7.57. The smallest absolute Gasteiger partial charge is 0.326 e. The predicted octanol–water partition coefficient (Wildman–Crippen LogP) is -1.20. The molecule has 0 aliphatic carbocycles. The van der Waals surface area contributed by atoms with Crippen molar-refractivity contribution in [2.24, 2.45) is 5.73 Å². The molecule has 4 unspecified atom stereocenters. The van der Waals surface area contributed by atoms with Crippen molar-refractivity contribution >= 4 is 53.2 Å². The van der Waals surface area contributed by atoms with Crippen molar-refractivity contribution in [3.63, 3.8) is 0 Å². The molecule has 15 heteroatoms. The van der Waals surface area contributed by atoms with Gasteiger partial charge in [-0.25, -0.2) is 9.78 Å². The van der Waals surface area contributed by atoms with Gasteiger partial charge < -0.3 is 36.9 Å². The molecular weight excluding hydrogens is 500 g/mol. The van der Waals surface area contributed by atoms with E-state index in [2.05, 4.69) is 25.9 Å². The average Bonchev–Trinajstić information content (AvgIpc) is 3.30. The highest BCUT2D eigenvalue weighted by Crippen LogP contribution is 2.06. The van der Waals surface area contributed by atoms with E-state index in [0.717, 1.165) is 0 Å². The second kappa shape index (κ2) is 16.0. The Morgan fingerprint density at radius 1 is 0.943 bits per heavy atom. The van der Waals surface area contributed by atoms with Gasteiger partial charge in [0.1, 0.15) is 18.1 Å². The quantitative estimate of drug-likeness (QED) is 0.126. The molecule has 1 aromatic heterocycles. The Morgan fingerprint density at radius 3 is 2.00 bits per heavy atom. The zero-order valence-electron chi connectivity index (χ0n) is 19.5. The fourth-order valence-electron chi connectivity index (χ4n) is 2.93. The van der Waals surface area contributed by atoms with Gasteiger partial charge in [-0.05, 0) is 36.9 Å². The summed E-state index contributed by atoms with van der Waals surface area (Å²) in [5, 5.41) is 25.7. The minimum atomic E-state index is -1.54. The van der Waals surface area contributed by atoms with Crippen molar-refractivity contribution in [1.29, 1.82) is 0 Å². The van der Waals surface area contributed by atoms with Gasteiger partial charge in [-0.3, -0.25) is 19.2 Å². The fourth-order valence-corrected chi connectivity index (χ4v) is 3.87. The Hall–Kier alpha value is -2.78. The maximum Gasteiger partial charge on any atom is 0.326 e. The Labute approximate surface area is 211 Å². The number of carboxylic acids is 2. The van der Waals surface area contributed by atoms with Crippen LogP contribution < -0.4 is 21.7 Å². The van der Waals surface area contributed by atoms with Gasteiger partial charge in [-0.1, -0.05) is 0 Å². The highest BCUT2D eigenvalue weighted by Gasteiger charge is 2.31. The van der Waals surface area contributed by atoms with Crippen LogP contribution in [0.15, 0.2) is 12.5 Å². The van der Waals surface area contributed by atoms with Crippen LogP contribution in [0.5, 0.6) is 0 Å². The van der Waals surface area contributed by atoms with Crippen LogP contribution in [0.3, 0.4) is 0 Å². The molecule has 0 bridgehead atoms. The van der Waals surface area contributed by atoms with E-state index in [4.69, 9.17) is 5.73 Å². The van der Waals surface area contributed by atoms with Crippen molar-refractivity contribution in [1.82, 2.24) is 25.9 Å². The second-order valence-corrected chi connectivity index (χ2v) is 9.54. The first-order chi connectivity index (χ1) is 16.6. The molecule has 0 saturated carbocycles. The monoisotopic (exact) mass is 532 g/mol. The van der Waals surface area contributed by atoms with Gasteiger partial charge in [0.2, 0.25) is 17.7 Å². The maximum absolute atomic E-state index is 12.9. The number of aliphatic carboxylic acids is 2. The summed E-state index contributed by atoms with van der Waals surface area (Å²) >= 11 is 2.81. The van der Waals surface area contributed by atoms with Crippen molar-refractivity contribution in [2.75, 3.05) is 24.0 Å². The van der Waals surface area contributed by atoms with Gasteiger partial charge in [-0.2, -0.15) is 23.5 Å². The van der Waals surface area contributed by atoms with Gasteiger partial charge in [0.15, 0.2) is 0 Å². The van der Waals surface area contributed by atoms with Crippen LogP contribution in [0.1, 0.15) is 25.0 Å². The SMILES string of the molecule is CSCCC(NC(=O)C(CC(=O)O)NC(=O)C(CCSC)NC(=O)C(N)Cc1cnc[nH]1)C(=O)O. The standard InChI is InChI=1S/C20H32N6O7S2/c1-34-5-3-13(24-17(29)12(21)7-11-9-22-10-23-11)18(30)26-15(8-16(27)28)19(31)25-14(20(32)33)4-6-35-2/h9-10,12-15H,3-8,21H2,1-2H3,(H,22,23)(H,24,29)(H,25,31)(H,26,30)(H,27,28)(H,32,33). The van der Waals surface area contributed by atoms with Crippen LogP contribution in [0, 0.1) is 0 Å². The molecule has 0 aromatic carbocycles. The molecule has 0 radical (unpaired) electrons. The molecule has 4 atom stereocenters. The number of carbonyl (C=O) groups excluding carboxylic acids is 3. The van der Waals surface area contributed by atoms with Crippen LogP contribution in [0.2, 0.25) is 0 Å². The number of carbonyl (C=O) groups is 5. The van der Waals surface area contributed by atoms with Gasteiger partial charge >= 0.3 is 11.9 Å². The summed E-state index contributed by atoms with van der Waals surface area (Å²) in [5.41, 5.74) is 6.56. The normalized spacial score (nSPS) is 14.3. The first kappa shape index (κ1) is 30.3. The van der Waals surface area contributed by atoms with E-state index in [1.807, 2.05) is 6.26 Å². The lowest BCUT2D eigenvalue weighted by molar-refractivity contribution is -0.143. The molecule has 13 nitrogen and oxygen atoms in total. The molecule has 1 heterocycles. The summed E-state index contributed by atoms with van der Waals surface area (Å²) in [6.45, 7) is 0. The van der Waals surface area contributed by atoms with E-state index in [-0.39, 0.29) is 19.3 Å². The number of nitrogens with one attached hydrogen (secondary N) is 4. The van der Waals surface area contributed by atoms with Gasteiger partial charge in [-0.15, -0.1) is 0 Å². The molecule has 0 fully saturated rings. The van der Waals surface area contributed by atoms with E-state index >= 15 is 0 Å². The van der Waals surface area contributed by atoms with Gasteiger partial charge in [0.25, 0.3) is 0 Å². The highest BCUT2D eigenvalue weighted by molar-refractivity contribution is 7.98. The zero-order chi connectivity index (χ0) is 26.4. The molecule has 0 spiro atoms. The van der Waals surface area contributed by atoms with E-state index < -0.39 is 60.2 Å². The number of aromatic amines is 1. The first-order valence-electron chi connectivity index (χ1n) is 10.6. The number of amides is 3. The van der Waals surface area contributed by atoms with Crippen molar-refractivity contribution < 1.29 is 34.2 Å². The lowest BCUT2D eigenvalue weighted by Crippen LogP contribution is -2.57. The summed E-state index contributed by atoms with van der Waals surface area (Å²) < 4.78 is 0. The Kier molecular flexibility index (Phi) is 13.8. The van der Waals surface area contributed by atoms with Crippen LogP contribution in [-0.2, 0) is 30.4 Å². The summed E-state index contributed by atoms with van der Waals surface area (Å²) in [6, 6.07) is -4.84.